The minimum Gasteiger partial charge on any atom is -0.472 e. The van der Waals surface area contributed by atoms with Gasteiger partial charge in [0.15, 0.2) is 34.9 Å². The topological polar surface area (TPSA) is 299 Å². The first-order valence-corrected chi connectivity index (χ1v) is 44.6. The predicted molar refractivity (Wildman–Crippen MR) is 469 cm³/mol. The van der Waals surface area contributed by atoms with E-state index in [4.69, 9.17) is 18.9 Å². The fourth-order valence-corrected chi connectivity index (χ4v) is 19.2. The van der Waals surface area contributed by atoms with E-state index in [1.54, 1.807) is 97.1 Å². The van der Waals surface area contributed by atoms with Crippen LogP contribution in [0.1, 0.15) is 130 Å². The molecule has 33 heteroatoms. The van der Waals surface area contributed by atoms with E-state index in [0.29, 0.717) is 111 Å². The van der Waals surface area contributed by atoms with E-state index in [9.17, 15) is 32.3 Å². The quantitative estimate of drug-likeness (QED) is 0.0868. The standard InChI is InChI=1S/C23H19BrF2N4O2.C23H20BrFN4O2.2C23H22BrN5O2/c24-14-5-7-20(27-9-14)32-19-8-13-4-6-18(19)30(12-13)23(31)16-2-1-3-17(26)21(16)22-28-10-15(25)11-29-22;24-15-6-8-21(26-10-15)31-20-9-14-5-7-19(20)29(13-14)23(30)18-4-2-1-3-17(18)22-27-11-16(25)12-28-22;1-14-3-6-17(22-25-9-2-10-26-22)21(28-14)23(30)29-13-15-4-7-18(29)19(11-15)31-20-8-5-16(24)12-27-20;1-14-9-17(21(28-11-14)22-25-7-2-8-26-22)23(30)29-13-15-3-5-18(29)19(10-15)31-20-6-4-16(24)12-27-20/h1-3,5,7,9-11,13,18-19H,4,6,8,12H2;1-4,6,8,10-12,14,19-20H,5,7,9,13H2;2-3,5-6,8-10,12,15,18-19H,4,7,11,13H2,1H3;2,4,6-9,11-12,15,18-19H,3,5,10,13H2,1H3. The number of hydrogen-bond acceptors (Lipinski definition) is 22. The highest BCUT2D eigenvalue weighted by Crippen LogP contribution is 2.44. The molecule has 4 saturated carbocycles. The molecule has 125 heavy (non-hydrogen) atoms. The van der Waals surface area contributed by atoms with Gasteiger partial charge in [0.25, 0.3) is 23.6 Å². The summed E-state index contributed by atoms with van der Waals surface area (Å²) in [6.07, 6.45) is 30.4. The van der Waals surface area contributed by atoms with Gasteiger partial charge in [-0.3, -0.25) is 24.2 Å². The average Bonchev–Trinajstić information content (AvgIpc) is 0.773. The highest BCUT2D eigenvalue weighted by Gasteiger charge is 2.50. The molecule has 2 aromatic carbocycles. The maximum Gasteiger partial charge on any atom is 0.273 e. The van der Waals surface area contributed by atoms with E-state index < -0.39 is 17.5 Å². The fourth-order valence-electron chi connectivity index (χ4n) is 18.3. The Morgan fingerprint density at radius 2 is 0.736 bits per heavy atom. The van der Waals surface area contributed by atoms with Crippen LogP contribution in [0.4, 0.5) is 13.2 Å². The number of aromatic nitrogens is 14. The number of amides is 4. The number of nitrogens with zero attached hydrogens (tertiary/aromatic N) is 18. The molecule has 0 N–H and O–H groups in total. The van der Waals surface area contributed by atoms with Crippen molar-refractivity contribution in [1.82, 2.24) is 89.4 Å². The summed E-state index contributed by atoms with van der Waals surface area (Å²) in [6.45, 7) is 6.57. The lowest BCUT2D eigenvalue weighted by Gasteiger charge is -2.49. The van der Waals surface area contributed by atoms with Crippen LogP contribution in [0.15, 0.2) is 220 Å². The minimum absolute atomic E-state index is 0.00481. The van der Waals surface area contributed by atoms with Gasteiger partial charge in [-0.15, -0.1) is 0 Å². The van der Waals surface area contributed by atoms with Crippen molar-refractivity contribution in [2.45, 2.75) is 139 Å². The Labute approximate surface area is 752 Å². The monoisotopic (exact) mass is 1940 g/mol. The number of hydrogen-bond donors (Lipinski definition) is 0. The molecule has 0 spiro atoms. The molecule has 10 aromatic heterocycles. The molecule has 8 bridgehead atoms. The number of pyridine rings is 6. The van der Waals surface area contributed by atoms with E-state index in [-0.39, 0.29) is 89.2 Å². The van der Waals surface area contributed by atoms with Gasteiger partial charge in [0, 0.05) is 135 Å². The van der Waals surface area contributed by atoms with E-state index in [2.05, 4.69) is 133 Å². The van der Waals surface area contributed by atoms with E-state index >= 15 is 0 Å². The first-order chi connectivity index (χ1) is 60.7. The summed E-state index contributed by atoms with van der Waals surface area (Å²) in [5.74, 6) is 2.76. The van der Waals surface area contributed by atoms with Crippen molar-refractivity contribution in [3.05, 3.63) is 271 Å². The van der Waals surface area contributed by atoms with Crippen LogP contribution in [-0.2, 0) is 0 Å². The van der Waals surface area contributed by atoms with E-state index in [0.717, 1.165) is 144 Å². The summed E-state index contributed by atoms with van der Waals surface area (Å²) in [5.41, 5.74) is 5.08. The fraction of sp³-hybridized carbons (Fsp3) is 0.326. The van der Waals surface area contributed by atoms with Gasteiger partial charge >= 0.3 is 0 Å². The highest BCUT2D eigenvalue weighted by atomic mass is 79.9. The zero-order valence-corrected chi connectivity index (χ0v) is 74.1. The molecule has 12 fully saturated rings. The second-order valence-corrected chi connectivity index (χ2v) is 35.9. The molecular weight excluding hydrogens is 1860 g/mol. The molecule has 12 aromatic rings. The van der Waals surface area contributed by atoms with Crippen LogP contribution in [0.3, 0.4) is 0 Å². The molecule has 26 nitrogen and oxygen atoms in total. The lowest BCUT2D eigenvalue weighted by Crippen LogP contribution is -2.59. The third-order valence-corrected chi connectivity index (χ3v) is 25.9. The van der Waals surface area contributed by atoms with Gasteiger partial charge in [0.2, 0.25) is 23.5 Å². The van der Waals surface area contributed by atoms with Gasteiger partial charge in [0.1, 0.15) is 41.6 Å². The summed E-state index contributed by atoms with van der Waals surface area (Å²) in [7, 11) is 0. The SMILES string of the molecule is Cc1ccc(-c2ncccn2)c(C(=O)N2CC3CCC2C(Oc2ccc(Br)cn2)C3)n1.Cc1cnc(-c2ncccn2)c(C(=O)N2CC3CCC2C(Oc2ccc(Br)cn2)C3)c1.O=C(c1cccc(F)c1-c1ncc(F)cn1)N1CC2CCC1C(Oc1ccc(Br)cn1)C2.O=C(c1ccccc1-c1ncc(F)cn1)N1CC2CCC1C(Oc1ccc(Br)cn1)C2. The van der Waals surface area contributed by atoms with Crippen LogP contribution in [0.25, 0.3) is 45.7 Å². The van der Waals surface area contributed by atoms with E-state index in [1.807, 2.05) is 101 Å². The predicted octanol–water partition coefficient (Wildman–Crippen LogP) is 17.3. The number of piperidine rings is 8. The Balaban J connectivity index is 0.000000118. The van der Waals surface area contributed by atoms with Crippen LogP contribution in [0.5, 0.6) is 23.5 Å². The summed E-state index contributed by atoms with van der Waals surface area (Å²) < 4.78 is 69.7. The number of fused-ring (bicyclic) bond motifs is 12. The molecule has 18 heterocycles. The molecule has 12 atom stereocenters. The zero-order valence-electron chi connectivity index (χ0n) is 67.8. The van der Waals surface area contributed by atoms with Gasteiger partial charge in [-0.2, -0.15) is 0 Å². The zero-order chi connectivity index (χ0) is 86.4. The molecule has 24 rings (SSSR count). The largest absolute Gasteiger partial charge is 0.472 e. The Morgan fingerprint density at radius 3 is 1.16 bits per heavy atom. The summed E-state index contributed by atoms with van der Waals surface area (Å²) in [6, 6.07) is 35.4. The lowest BCUT2D eigenvalue weighted by molar-refractivity contribution is -0.0316. The van der Waals surface area contributed by atoms with Crippen molar-refractivity contribution in [2.24, 2.45) is 23.7 Å². The number of ether oxygens (including phenoxy) is 4. The second-order valence-electron chi connectivity index (χ2n) is 32.3. The van der Waals surface area contributed by atoms with Crippen molar-refractivity contribution in [3.8, 4) is 69.2 Å². The molecule has 4 amide bonds. The molecular formula is C92H83Br4F3N18O8. The smallest absolute Gasteiger partial charge is 0.273 e. The molecule has 0 radical (unpaired) electrons. The van der Waals surface area contributed by atoms with Crippen molar-refractivity contribution in [2.75, 3.05) is 26.2 Å². The lowest BCUT2D eigenvalue weighted by atomic mass is 9.77. The third-order valence-electron chi connectivity index (χ3n) is 24.0. The minimum atomic E-state index is -0.632. The number of halogens is 7. The van der Waals surface area contributed by atoms with Crippen molar-refractivity contribution < 1.29 is 51.3 Å². The summed E-state index contributed by atoms with van der Waals surface area (Å²) in [4.78, 5) is 122. The third kappa shape index (κ3) is 19.8. The summed E-state index contributed by atoms with van der Waals surface area (Å²) in [5, 5.41) is 0. The van der Waals surface area contributed by atoms with Crippen LogP contribution >= 0.6 is 63.7 Å². The maximum absolute atomic E-state index is 14.8. The average molecular weight is 1950 g/mol. The first kappa shape index (κ1) is 85.6. The summed E-state index contributed by atoms with van der Waals surface area (Å²) >= 11 is 13.6. The van der Waals surface area contributed by atoms with Crippen molar-refractivity contribution in [3.63, 3.8) is 0 Å². The number of carbonyl (C=O) groups is 4. The Hall–Kier alpha value is -11.6. The molecule has 638 valence electrons. The van der Waals surface area contributed by atoms with Gasteiger partial charge in [-0.1, -0.05) is 24.3 Å². The number of rotatable bonds is 16. The van der Waals surface area contributed by atoms with Crippen LogP contribution in [0, 0.1) is 55.0 Å². The maximum atomic E-state index is 14.8. The van der Waals surface area contributed by atoms with Gasteiger partial charge in [-0.05, 0) is 257 Å². The Kier molecular flexibility index (Phi) is 26.4. The Bertz CT molecular complexity index is 5670. The Morgan fingerprint density at radius 1 is 0.352 bits per heavy atom. The number of aryl methyl sites for hydroxylation is 2. The normalized spacial score (nSPS) is 22.3. The molecule has 8 aliphatic heterocycles. The second kappa shape index (κ2) is 38.5. The molecule has 12 unspecified atom stereocenters. The number of benzene rings is 2. The van der Waals surface area contributed by atoms with E-state index in [1.165, 1.54) is 12.1 Å². The first-order valence-electron chi connectivity index (χ1n) is 41.4. The van der Waals surface area contributed by atoms with Gasteiger partial charge in [0.05, 0.1) is 76.8 Å². The van der Waals surface area contributed by atoms with Crippen LogP contribution in [-0.4, -0.2) is 188 Å². The van der Waals surface area contributed by atoms with Crippen molar-refractivity contribution in [1.29, 1.82) is 0 Å². The highest BCUT2D eigenvalue weighted by molar-refractivity contribution is 9.11. The van der Waals surface area contributed by atoms with Crippen LogP contribution in [0.2, 0.25) is 0 Å². The molecule has 12 aliphatic rings. The van der Waals surface area contributed by atoms with Gasteiger partial charge in [-0.25, -0.2) is 78.0 Å². The van der Waals surface area contributed by atoms with Crippen LogP contribution < -0.4 is 18.9 Å². The van der Waals surface area contributed by atoms with Crippen molar-refractivity contribution >= 4 is 87.3 Å². The van der Waals surface area contributed by atoms with Gasteiger partial charge < -0.3 is 38.5 Å². The molecule has 8 saturated heterocycles. The molecule has 4 aliphatic carbocycles. The number of carbonyl (C=O) groups excluding carboxylic acids is 4.